The van der Waals surface area contributed by atoms with Crippen LogP contribution in [-0.2, 0) is 0 Å². The Kier molecular flexibility index (Phi) is 4.47. The lowest BCUT2D eigenvalue weighted by atomic mass is 10.3. The van der Waals surface area contributed by atoms with Gasteiger partial charge in [0, 0.05) is 13.1 Å². The standard InChI is InChI=1S/C11H17N3O/c1-3-14(4-2)11(15)13-12-10-8-6-5-7-9-10/h5-9,12H,3-4H2,1-2H3,(H,13,15). The molecule has 15 heavy (non-hydrogen) atoms. The van der Waals surface area contributed by atoms with Crippen molar-refractivity contribution >= 4 is 11.7 Å². The number of carbonyl (C=O) groups is 1. The number of benzene rings is 1. The highest BCUT2D eigenvalue weighted by molar-refractivity contribution is 5.75. The molecule has 1 rings (SSSR count). The molecule has 4 heteroatoms. The lowest BCUT2D eigenvalue weighted by molar-refractivity contribution is 0.205. The van der Waals surface area contributed by atoms with Crippen LogP contribution < -0.4 is 10.9 Å². The molecule has 0 aliphatic carbocycles. The fourth-order valence-corrected chi connectivity index (χ4v) is 1.24. The Morgan fingerprint density at radius 2 is 1.80 bits per heavy atom. The summed E-state index contributed by atoms with van der Waals surface area (Å²) in [7, 11) is 0. The Labute approximate surface area is 90.2 Å². The minimum absolute atomic E-state index is 0.108. The van der Waals surface area contributed by atoms with E-state index in [9.17, 15) is 4.79 Å². The molecule has 1 aromatic carbocycles. The molecule has 0 aliphatic heterocycles. The molecule has 0 saturated heterocycles. The summed E-state index contributed by atoms with van der Waals surface area (Å²) in [5.74, 6) is 0. The van der Waals surface area contributed by atoms with Crippen molar-refractivity contribution in [1.29, 1.82) is 0 Å². The second-order valence-electron chi connectivity index (χ2n) is 3.09. The van der Waals surface area contributed by atoms with Crippen LogP contribution in [0, 0.1) is 0 Å². The van der Waals surface area contributed by atoms with Gasteiger partial charge < -0.3 is 4.90 Å². The van der Waals surface area contributed by atoms with Crippen LogP contribution in [0.25, 0.3) is 0 Å². The van der Waals surface area contributed by atoms with Crippen molar-refractivity contribution < 1.29 is 4.79 Å². The molecule has 0 aliphatic rings. The first kappa shape index (κ1) is 11.4. The van der Waals surface area contributed by atoms with Crippen molar-refractivity contribution in [3.8, 4) is 0 Å². The molecular weight excluding hydrogens is 190 g/mol. The maximum Gasteiger partial charge on any atom is 0.335 e. The number of anilines is 1. The van der Waals surface area contributed by atoms with Crippen LogP contribution in [0.1, 0.15) is 13.8 Å². The lowest BCUT2D eigenvalue weighted by Crippen LogP contribution is -2.42. The molecule has 2 N–H and O–H groups in total. The molecular formula is C11H17N3O. The van der Waals surface area contributed by atoms with Crippen molar-refractivity contribution in [3.05, 3.63) is 30.3 Å². The first-order chi connectivity index (χ1) is 7.27. The van der Waals surface area contributed by atoms with Gasteiger partial charge in [-0.3, -0.25) is 10.9 Å². The van der Waals surface area contributed by atoms with Gasteiger partial charge in [-0.05, 0) is 26.0 Å². The van der Waals surface area contributed by atoms with E-state index < -0.39 is 0 Å². The zero-order valence-electron chi connectivity index (χ0n) is 9.16. The first-order valence-electron chi connectivity index (χ1n) is 5.14. The van der Waals surface area contributed by atoms with E-state index in [1.54, 1.807) is 4.90 Å². The quantitative estimate of drug-likeness (QED) is 0.742. The average Bonchev–Trinajstić information content (AvgIpc) is 2.29. The third-order valence-corrected chi connectivity index (χ3v) is 2.14. The molecule has 0 fully saturated rings. The number of hydrogen-bond acceptors (Lipinski definition) is 2. The van der Waals surface area contributed by atoms with E-state index >= 15 is 0 Å². The number of carbonyl (C=O) groups excluding carboxylic acids is 1. The van der Waals surface area contributed by atoms with Crippen molar-refractivity contribution in [3.63, 3.8) is 0 Å². The Balaban J connectivity index is 2.40. The third kappa shape index (κ3) is 3.50. The Hall–Kier alpha value is -1.71. The van der Waals surface area contributed by atoms with Gasteiger partial charge in [-0.2, -0.15) is 0 Å². The predicted octanol–water partition coefficient (Wildman–Crippen LogP) is 2.06. The maximum absolute atomic E-state index is 11.5. The fourth-order valence-electron chi connectivity index (χ4n) is 1.24. The molecule has 0 radical (unpaired) electrons. The van der Waals surface area contributed by atoms with Gasteiger partial charge in [-0.1, -0.05) is 18.2 Å². The molecule has 0 aromatic heterocycles. The topological polar surface area (TPSA) is 44.4 Å². The van der Waals surface area contributed by atoms with E-state index in [-0.39, 0.29) is 6.03 Å². The molecule has 82 valence electrons. The zero-order valence-corrected chi connectivity index (χ0v) is 9.16. The fraction of sp³-hybridized carbons (Fsp3) is 0.364. The van der Waals surface area contributed by atoms with Crippen molar-refractivity contribution in [2.45, 2.75) is 13.8 Å². The monoisotopic (exact) mass is 207 g/mol. The molecule has 2 amide bonds. The van der Waals surface area contributed by atoms with Gasteiger partial charge in [-0.25, -0.2) is 4.79 Å². The Morgan fingerprint density at radius 1 is 1.20 bits per heavy atom. The molecule has 4 nitrogen and oxygen atoms in total. The van der Waals surface area contributed by atoms with Gasteiger partial charge in [0.05, 0.1) is 5.69 Å². The summed E-state index contributed by atoms with van der Waals surface area (Å²) >= 11 is 0. The summed E-state index contributed by atoms with van der Waals surface area (Å²) in [6, 6.07) is 9.42. The highest BCUT2D eigenvalue weighted by Gasteiger charge is 2.07. The predicted molar refractivity (Wildman–Crippen MR) is 61.5 cm³/mol. The number of hydrazine groups is 1. The van der Waals surface area contributed by atoms with Crippen LogP contribution in [0.15, 0.2) is 30.3 Å². The van der Waals surface area contributed by atoms with Crippen LogP contribution in [0.2, 0.25) is 0 Å². The molecule has 1 aromatic rings. The number of rotatable bonds is 4. The van der Waals surface area contributed by atoms with Crippen LogP contribution >= 0.6 is 0 Å². The second-order valence-corrected chi connectivity index (χ2v) is 3.09. The molecule has 0 atom stereocenters. The highest BCUT2D eigenvalue weighted by Crippen LogP contribution is 2.02. The number of urea groups is 1. The second kappa shape index (κ2) is 5.90. The molecule has 0 spiro atoms. The van der Waals surface area contributed by atoms with Crippen LogP contribution in [-0.4, -0.2) is 24.0 Å². The van der Waals surface area contributed by atoms with Crippen molar-refractivity contribution in [1.82, 2.24) is 10.3 Å². The number of hydrogen-bond donors (Lipinski definition) is 2. The van der Waals surface area contributed by atoms with Crippen LogP contribution in [0.3, 0.4) is 0 Å². The Bertz CT molecular complexity index is 296. The average molecular weight is 207 g/mol. The molecule has 0 heterocycles. The lowest BCUT2D eigenvalue weighted by Gasteiger charge is -2.19. The third-order valence-electron chi connectivity index (χ3n) is 2.14. The van der Waals surface area contributed by atoms with E-state index in [1.807, 2.05) is 44.2 Å². The zero-order chi connectivity index (χ0) is 11.1. The summed E-state index contributed by atoms with van der Waals surface area (Å²) in [5, 5.41) is 0. The summed E-state index contributed by atoms with van der Waals surface area (Å²) in [6.07, 6.45) is 0. The molecule has 0 unspecified atom stereocenters. The first-order valence-corrected chi connectivity index (χ1v) is 5.14. The highest BCUT2D eigenvalue weighted by atomic mass is 16.2. The number of nitrogens with one attached hydrogen (secondary N) is 2. The minimum atomic E-state index is -0.108. The molecule has 0 bridgehead atoms. The van der Waals surface area contributed by atoms with E-state index in [4.69, 9.17) is 0 Å². The van der Waals surface area contributed by atoms with Crippen molar-refractivity contribution in [2.75, 3.05) is 18.5 Å². The Morgan fingerprint density at radius 3 is 2.33 bits per heavy atom. The molecule has 0 saturated carbocycles. The summed E-state index contributed by atoms with van der Waals surface area (Å²) in [6.45, 7) is 5.31. The van der Waals surface area contributed by atoms with Gasteiger partial charge in [-0.15, -0.1) is 0 Å². The van der Waals surface area contributed by atoms with E-state index in [0.29, 0.717) is 13.1 Å². The minimum Gasteiger partial charge on any atom is -0.324 e. The van der Waals surface area contributed by atoms with Crippen LogP contribution in [0.5, 0.6) is 0 Å². The van der Waals surface area contributed by atoms with E-state index in [0.717, 1.165) is 5.69 Å². The maximum atomic E-state index is 11.5. The SMILES string of the molecule is CCN(CC)C(=O)NNc1ccccc1. The smallest absolute Gasteiger partial charge is 0.324 e. The largest absolute Gasteiger partial charge is 0.335 e. The summed E-state index contributed by atoms with van der Waals surface area (Å²) in [4.78, 5) is 13.2. The van der Waals surface area contributed by atoms with E-state index in [1.165, 1.54) is 0 Å². The van der Waals surface area contributed by atoms with E-state index in [2.05, 4.69) is 10.9 Å². The van der Waals surface area contributed by atoms with Gasteiger partial charge in [0.2, 0.25) is 0 Å². The number of para-hydroxylation sites is 1. The summed E-state index contributed by atoms with van der Waals surface area (Å²) < 4.78 is 0. The summed E-state index contributed by atoms with van der Waals surface area (Å²) in [5.41, 5.74) is 6.36. The van der Waals surface area contributed by atoms with Gasteiger partial charge in [0.15, 0.2) is 0 Å². The van der Waals surface area contributed by atoms with Crippen molar-refractivity contribution in [2.24, 2.45) is 0 Å². The van der Waals surface area contributed by atoms with Crippen LogP contribution in [0.4, 0.5) is 10.5 Å². The van der Waals surface area contributed by atoms with Gasteiger partial charge in [0.1, 0.15) is 0 Å². The van der Waals surface area contributed by atoms with Gasteiger partial charge >= 0.3 is 6.03 Å². The van der Waals surface area contributed by atoms with Gasteiger partial charge in [0.25, 0.3) is 0 Å². The number of nitrogens with zero attached hydrogens (tertiary/aromatic N) is 1. The number of amides is 2. The normalized spacial score (nSPS) is 9.47.